The second-order valence-corrected chi connectivity index (χ2v) is 4.76. The lowest BCUT2D eigenvalue weighted by Crippen LogP contribution is -2.36. The Hall–Kier alpha value is -0.860. The first-order chi connectivity index (χ1) is 7.79. The zero-order valence-corrected chi connectivity index (χ0v) is 9.69. The van der Waals surface area contributed by atoms with Crippen LogP contribution in [0.2, 0.25) is 0 Å². The van der Waals surface area contributed by atoms with Crippen LogP contribution in [0.25, 0.3) is 0 Å². The molecule has 0 aromatic heterocycles. The van der Waals surface area contributed by atoms with Gasteiger partial charge in [-0.3, -0.25) is 0 Å². The van der Waals surface area contributed by atoms with Crippen molar-refractivity contribution in [3.05, 3.63) is 35.9 Å². The molecule has 16 heavy (non-hydrogen) atoms. The molecule has 1 aliphatic rings. The van der Waals surface area contributed by atoms with E-state index in [2.05, 4.69) is 0 Å². The van der Waals surface area contributed by atoms with Gasteiger partial charge in [0.1, 0.15) is 0 Å². The quantitative estimate of drug-likeness (QED) is 0.845. The number of aliphatic hydroxyl groups is 1. The maximum absolute atomic E-state index is 10.2. The van der Waals surface area contributed by atoms with Gasteiger partial charge in [0, 0.05) is 0 Å². The van der Waals surface area contributed by atoms with Crippen LogP contribution in [0.5, 0.6) is 0 Å². The van der Waals surface area contributed by atoms with E-state index in [9.17, 15) is 5.11 Å². The van der Waals surface area contributed by atoms with Crippen LogP contribution in [0, 0.1) is 0 Å². The van der Waals surface area contributed by atoms with Crippen LogP contribution in [0.15, 0.2) is 30.3 Å². The maximum atomic E-state index is 10.2. The molecular weight excluding hydrogens is 200 g/mol. The Morgan fingerprint density at radius 3 is 2.44 bits per heavy atom. The fourth-order valence-electron chi connectivity index (χ4n) is 2.29. The molecule has 0 aliphatic heterocycles. The van der Waals surface area contributed by atoms with Crippen molar-refractivity contribution in [1.29, 1.82) is 0 Å². The SMILES string of the molecule is OC1(COCc2ccccc2)CCCCC1. The minimum Gasteiger partial charge on any atom is -0.387 e. The van der Waals surface area contributed by atoms with Crippen LogP contribution >= 0.6 is 0 Å². The standard InChI is InChI=1S/C14H20O2/c15-14(9-5-2-6-10-14)12-16-11-13-7-3-1-4-8-13/h1,3-4,7-8,15H,2,5-6,9-12H2. The summed E-state index contributed by atoms with van der Waals surface area (Å²) in [7, 11) is 0. The molecule has 1 aromatic rings. The molecule has 1 aromatic carbocycles. The van der Waals surface area contributed by atoms with E-state index in [-0.39, 0.29) is 0 Å². The third kappa shape index (κ3) is 3.32. The normalized spacial score (nSPS) is 19.6. The van der Waals surface area contributed by atoms with Crippen LogP contribution in [0.4, 0.5) is 0 Å². The largest absolute Gasteiger partial charge is 0.387 e. The van der Waals surface area contributed by atoms with E-state index in [0.717, 1.165) is 25.7 Å². The van der Waals surface area contributed by atoms with Gasteiger partial charge in [0.25, 0.3) is 0 Å². The molecule has 0 heterocycles. The van der Waals surface area contributed by atoms with Gasteiger partial charge in [0.2, 0.25) is 0 Å². The molecular formula is C14H20O2. The average molecular weight is 220 g/mol. The molecule has 2 rings (SSSR count). The molecule has 0 saturated heterocycles. The summed E-state index contributed by atoms with van der Waals surface area (Å²) in [6.45, 7) is 1.07. The molecule has 1 aliphatic carbocycles. The minimum absolute atomic E-state index is 0.474. The van der Waals surface area contributed by atoms with Gasteiger partial charge < -0.3 is 9.84 Å². The van der Waals surface area contributed by atoms with Gasteiger partial charge in [-0.15, -0.1) is 0 Å². The molecule has 1 saturated carbocycles. The molecule has 0 amide bonds. The molecule has 88 valence electrons. The van der Waals surface area contributed by atoms with Gasteiger partial charge >= 0.3 is 0 Å². The van der Waals surface area contributed by atoms with Crippen LogP contribution in [0.1, 0.15) is 37.7 Å². The number of hydrogen-bond donors (Lipinski definition) is 1. The summed E-state index contributed by atoms with van der Waals surface area (Å²) in [4.78, 5) is 0. The zero-order chi connectivity index (χ0) is 11.3. The van der Waals surface area contributed by atoms with Crippen molar-refractivity contribution in [3.8, 4) is 0 Å². The Kier molecular flexibility index (Phi) is 3.97. The van der Waals surface area contributed by atoms with E-state index in [0.29, 0.717) is 13.2 Å². The van der Waals surface area contributed by atoms with Crippen molar-refractivity contribution >= 4 is 0 Å². The lowest BCUT2D eigenvalue weighted by atomic mass is 9.86. The zero-order valence-electron chi connectivity index (χ0n) is 9.69. The molecule has 2 heteroatoms. The van der Waals surface area contributed by atoms with Gasteiger partial charge in [-0.05, 0) is 18.4 Å². The summed E-state index contributed by atoms with van der Waals surface area (Å²) in [6, 6.07) is 10.1. The molecule has 1 fully saturated rings. The van der Waals surface area contributed by atoms with E-state index >= 15 is 0 Å². The van der Waals surface area contributed by atoms with Crippen LogP contribution in [-0.2, 0) is 11.3 Å². The molecule has 0 atom stereocenters. The summed E-state index contributed by atoms with van der Waals surface area (Å²) in [5.74, 6) is 0. The minimum atomic E-state index is -0.562. The molecule has 0 bridgehead atoms. The fourth-order valence-corrected chi connectivity index (χ4v) is 2.29. The van der Waals surface area contributed by atoms with Crippen molar-refractivity contribution < 1.29 is 9.84 Å². The highest BCUT2D eigenvalue weighted by Crippen LogP contribution is 2.28. The van der Waals surface area contributed by atoms with Crippen LogP contribution in [-0.4, -0.2) is 17.3 Å². The number of ether oxygens (including phenoxy) is 1. The summed E-state index contributed by atoms with van der Waals surface area (Å²) in [5.41, 5.74) is 0.606. The molecule has 0 radical (unpaired) electrons. The van der Waals surface area contributed by atoms with Crippen LogP contribution in [0.3, 0.4) is 0 Å². The first-order valence-electron chi connectivity index (χ1n) is 6.13. The molecule has 1 N–H and O–H groups in total. The number of rotatable bonds is 4. The summed E-state index contributed by atoms with van der Waals surface area (Å²) in [6.07, 6.45) is 5.29. The van der Waals surface area contributed by atoms with Crippen LogP contribution < -0.4 is 0 Å². The van der Waals surface area contributed by atoms with Gasteiger partial charge in [-0.2, -0.15) is 0 Å². The highest BCUT2D eigenvalue weighted by Gasteiger charge is 2.29. The van der Waals surface area contributed by atoms with Gasteiger partial charge in [-0.1, -0.05) is 49.6 Å². The van der Waals surface area contributed by atoms with Crippen molar-refractivity contribution in [1.82, 2.24) is 0 Å². The van der Waals surface area contributed by atoms with E-state index in [1.54, 1.807) is 0 Å². The number of benzene rings is 1. The smallest absolute Gasteiger partial charge is 0.0880 e. The van der Waals surface area contributed by atoms with Gasteiger partial charge in [0.15, 0.2) is 0 Å². The van der Waals surface area contributed by atoms with Gasteiger partial charge in [0.05, 0.1) is 18.8 Å². The fraction of sp³-hybridized carbons (Fsp3) is 0.571. The predicted molar refractivity (Wildman–Crippen MR) is 64.1 cm³/mol. The van der Waals surface area contributed by atoms with Crippen molar-refractivity contribution in [3.63, 3.8) is 0 Å². The maximum Gasteiger partial charge on any atom is 0.0880 e. The Morgan fingerprint density at radius 1 is 1.06 bits per heavy atom. The second kappa shape index (κ2) is 5.46. The van der Waals surface area contributed by atoms with E-state index in [1.165, 1.54) is 12.0 Å². The van der Waals surface area contributed by atoms with Crippen molar-refractivity contribution in [2.45, 2.75) is 44.3 Å². The highest BCUT2D eigenvalue weighted by atomic mass is 16.5. The van der Waals surface area contributed by atoms with E-state index in [4.69, 9.17) is 4.74 Å². The third-order valence-corrected chi connectivity index (χ3v) is 3.27. The Morgan fingerprint density at radius 2 is 1.75 bits per heavy atom. The average Bonchev–Trinajstić information content (AvgIpc) is 2.31. The molecule has 0 unspecified atom stereocenters. The first-order valence-corrected chi connectivity index (χ1v) is 6.13. The monoisotopic (exact) mass is 220 g/mol. The lowest BCUT2D eigenvalue weighted by Gasteiger charge is -2.31. The summed E-state index contributed by atoms with van der Waals surface area (Å²) >= 11 is 0. The van der Waals surface area contributed by atoms with E-state index in [1.807, 2.05) is 30.3 Å². The first kappa shape index (κ1) is 11.6. The lowest BCUT2D eigenvalue weighted by molar-refractivity contribution is -0.0728. The van der Waals surface area contributed by atoms with E-state index < -0.39 is 5.60 Å². The highest BCUT2D eigenvalue weighted by molar-refractivity contribution is 5.13. The molecule has 0 spiro atoms. The summed E-state index contributed by atoms with van der Waals surface area (Å²) < 4.78 is 5.61. The second-order valence-electron chi connectivity index (χ2n) is 4.76. The Labute approximate surface area is 97.3 Å². The Balaban J connectivity index is 1.75. The van der Waals surface area contributed by atoms with Crippen molar-refractivity contribution in [2.75, 3.05) is 6.61 Å². The topological polar surface area (TPSA) is 29.5 Å². The Bertz CT molecular complexity index is 302. The van der Waals surface area contributed by atoms with Crippen molar-refractivity contribution in [2.24, 2.45) is 0 Å². The summed E-state index contributed by atoms with van der Waals surface area (Å²) in [5, 5.41) is 10.2. The molecule has 2 nitrogen and oxygen atoms in total. The number of hydrogen-bond acceptors (Lipinski definition) is 2. The van der Waals surface area contributed by atoms with Gasteiger partial charge in [-0.25, -0.2) is 0 Å². The predicted octanol–water partition coefficient (Wildman–Crippen LogP) is 2.90. The third-order valence-electron chi connectivity index (χ3n) is 3.27.